The van der Waals surface area contributed by atoms with Crippen molar-refractivity contribution in [3.8, 4) is 11.6 Å². The number of nitrogens with zero attached hydrogens (tertiary/aromatic N) is 3. The molecule has 0 aliphatic rings. The summed E-state index contributed by atoms with van der Waals surface area (Å²) in [4.78, 5) is 12.8. The molecule has 0 bridgehead atoms. The standard InChI is InChI=1S/C15H12ClN3O/c1-10-5-6-11-3-2-4-13(15(11)18-10)20-14-9-17-8-12(7-16)19-14/h2-6,8-9H,7H2,1H3. The van der Waals surface area contributed by atoms with Crippen molar-refractivity contribution >= 4 is 22.5 Å². The largest absolute Gasteiger partial charge is 0.435 e. The molecule has 0 radical (unpaired) electrons. The molecule has 0 saturated heterocycles. The van der Waals surface area contributed by atoms with Gasteiger partial charge >= 0.3 is 0 Å². The number of ether oxygens (including phenoxy) is 1. The average molecular weight is 286 g/mol. The molecule has 0 atom stereocenters. The monoisotopic (exact) mass is 285 g/mol. The van der Waals surface area contributed by atoms with Crippen LogP contribution in [0, 0.1) is 6.92 Å². The first-order valence-corrected chi connectivity index (χ1v) is 6.71. The first kappa shape index (κ1) is 12.8. The number of fused-ring (bicyclic) bond motifs is 1. The molecule has 100 valence electrons. The number of hydrogen-bond acceptors (Lipinski definition) is 4. The third-order valence-electron chi connectivity index (χ3n) is 2.84. The maximum atomic E-state index is 5.79. The van der Waals surface area contributed by atoms with Crippen molar-refractivity contribution in [2.45, 2.75) is 12.8 Å². The van der Waals surface area contributed by atoms with E-state index in [1.807, 2.05) is 37.3 Å². The van der Waals surface area contributed by atoms with Crippen LogP contribution in [-0.2, 0) is 5.88 Å². The van der Waals surface area contributed by atoms with Gasteiger partial charge in [-0.05, 0) is 19.1 Å². The van der Waals surface area contributed by atoms with E-state index in [0.29, 0.717) is 23.2 Å². The Morgan fingerprint density at radius 2 is 2.00 bits per heavy atom. The zero-order valence-electron chi connectivity index (χ0n) is 10.9. The Kier molecular flexibility index (Phi) is 3.48. The van der Waals surface area contributed by atoms with Gasteiger partial charge in [-0.3, -0.25) is 4.98 Å². The molecule has 2 heterocycles. The number of aryl methyl sites for hydroxylation is 1. The molecule has 1 aromatic carbocycles. The van der Waals surface area contributed by atoms with Crippen molar-refractivity contribution in [2.75, 3.05) is 0 Å². The van der Waals surface area contributed by atoms with Crippen molar-refractivity contribution in [1.29, 1.82) is 0 Å². The van der Waals surface area contributed by atoms with Crippen LogP contribution in [0.5, 0.6) is 11.6 Å². The predicted molar refractivity (Wildman–Crippen MR) is 78.1 cm³/mol. The van der Waals surface area contributed by atoms with E-state index in [2.05, 4.69) is 15.0 Å². The highest BCUT2D eigenvalue weighted by molar-refractivity contribution is 6.16. The Hall–Kier alpha value is -2.20. The lowest BCUT2D eigenvalue weighted by Gasteiger charge is -2.08. The number of aromatic nitrogens is 3. The zero-order chi connectivity index (χ0) is 13.9. The van der Waals surface area contributed by atoms with Gasteiger partial charge in [-0.25, -0.2) is 9.97 Å². The minimum Gasteiger partial charge on any atom is -0.435 e. The molecule has 0 saturated carbocycles. The highest BCUT2D eigenvalue weighted by Gasteiger charge is 2.07. The normalized spacial score (nSPS) is 10.7. The lowest BCUT2D eigenvalue weighted by atomic mass is 10.2. The minimum absolute atomic E-state index is 0.303. The van der Waals surface area contributed by atoms with E-state index in [1.165, 1.54) is 0 Å². The summed E-state index contributed by atoms with van der Waals surface area (Å²) >= 11 is 5.75. The zero-order valence-corrected chi connectivity index (χ0v) is 11.6. The second kappa shape index (κ2) is 5.43. The summed E-state index contributed by atoms with van der Waals surface area (Å²) in [7, 11) is 0. The summed E-state index contributed by atoms with van der Waals surface area (Å²) in [5.41, 5.74) is 2.42. The molecule has 20 heavy (non-hydrogen) atoms. The Labute approximate surface area is 121 Å². The maximum Gasteiger partial charge on any atom is 0.238 e. The SMILES string of the molecule is Cc1ccc2cccc(Oc3cncc(CCl)n3)c2n1. The van der Waals surface area contributed by atoms with Gasteiger partial charge in [0.15, 0.2) is 5.75 Å². The molecule has 0 fully saturated rings. The second-order valence-corrected chi connectivity index (χ2v) is 4.63. The summed E-state index contributed by atoms with van der Waals surface area (Å²) in [6, 6.07) is 9.78. The maximum absolute atomic E-state index is 5.79. The Bertz CT molecular complexity index is 761. The molecule has 3 rings (SSSR count). The summed E-state index contributed by atoms with van der Waals surface area (Å²) in [6.45, 7) is 1.95. The molecule has 2 aromatic heterocycles. The molecule has 0 aliphatic heterocycles. The number of rotatable bonds is 3. The smallest absolute Gasteiger partial charge is 0.238 e. The van der Waals surface area contributed by atoms with Gasteiger partial charge in [0, 0.05) is 17.3 Å². The van der Waals surface area contributed by atoms with Crippen LogP contribution in [0.2, 0.25) is 0 Å². The average Bonchev–Trinajstić information content (AvgIpc) is 2.48. The van der Waals surface area contributed by atoms with E-state index < -0.39 is 0 Å². The Morgan fingerprint density at radius 3 is 2.85 bits per heavy atom. The van der Waals surface area contributed by atoms with E-state index >= 15 is 0 Å². The molecule has 0 unspecified atom stereocenters. The van der Waals surface area contributed by atoms with Crippen LogP contribution in [-0.4, -0.2) is 15.0 Å². The first-order valence-electron chi connectivity index (χ1n) is 6.17. The Balaban J connectivity index is 2.03. The summed E-state index contributed by atoms with van der Waals surface area (Å²) < 4.78 is 5.79. The minimum atomic E-state index is 0.303. The predicted octanol–water partition coefficient (Wildman–Crippen LogP) is 3.86. The summed E-state index contributed by atoms with van der Waals surface area (Å²) in [5, 5.41) is 1.02. The first-order chi connectivity index (χ1) is 9.76. The van der Waals surface area contributed by atoms with E-state index in [0.717, 1.165) is 16.6 Å². The topological polar surface area (TPSA) is 47.9 Å². The van der Waals surface area contributed by atoms with Crippen LogP contribution in [0.4, 0.5) is 0 Å². The molecule has 0 spiro atoms. The molecule has 0 aliphatic carbocycles. The Morgan fingerprint density at radius 1 is 1.10 bits per heavy atom. The fourth-order valence-corrected chi connectivity index (χ4v) is 2.04. The van der Waals surface area contributed by atoms with E-state index in [-0.39, 0.29) is 0 Å². The van der Waals surface area contributed by atoms with Gasteiger partial charge in [0.2, 0.25) is 5.88 Å². The van der Waals surface area contributed by atoms with Gasteiger partial charge < -0.3 is 4.74 Å². The second-order valence-electron chi connectivity index (χ2n) is 4.36. The number of alkyl halides is 1. The van der Waals surface area contributed by atoms with Gasteiger partial charge in [-0.15, -0.1) is 11.6 Å². The van der Waals surface area contributed by atoms with Gasteiger partial charge in [0.05, 0.1) is 17.8 Å². The van der Waals surface area contributed by atoms with Crippen LogP contribution in [0.15, 0.2) is 42.7 Å². The number of hydrogen-bond donors (Lipinski definition) is 0. The van der Waals surface area contributed by atoms with Crippen LogP contribution >= 0.6 is 11.6 Å². The summed E-state index contributed by atoms with van der Waals surface area (Å²) in [6.07, 6.45) is 3.18. The van der Waals surface area contributed by atoms with Crippen molar-refractivity contribution < 1.29 is 4.74 Å². The molecule has 0 amide bonds. The van der Waals surface area contributed by atoms with Gasteiger partial charge in [-0.2, -0.15) is 0 Å². The molecule has 3 aromatic rings. The van der Waals surface area contributed by atoms with Gasteiger partial charge in [0.1, 0.15) is 5.52 Å². The quantitative estimate of drug-likeness (QED) is 0.686. The van der Waals surface area contributed by atoms with Gasteiger partial charge in [-0.1, -0.05) is 18.2 Å². The fraction of sp³-hybridized carbons (Fsp3) is 0.133. The highest BCUT2D eigenvalue weighted by Crippen LogP contribution is 2.27. The summed E-state index contributed by atoms with van der Waals surface area (Å²) in [5.74, 6) is 1.38. The molecular weight excluding hydrogens is 274 g/mol. The molecule has 5 heteroatoms. The third-order valence-corrected chi connectivity index (χ3v) is 3.11. The van der Waals surface area contributed by atoms with E-state index in [1.54, 1.807) is 12.4 Å². The van der Waals surface area contributed by atoms with Crippen molar-refractivity contribution in [3.63, 3.8) is 0 Å². The highest BCUT2D eigenvalue weighted by atomic mass is 35.5. The van der Waals surface area contributed by atoms with Crippen LogP contribution in [0.25, 0.3) is 10.9 Å². The number of benzene rings is 1. The fourth-order valence-electron chi connectivity index (χ4n) is 1.91. The van der Waals surface area contributed by atoms with Crippen molar-refractivity contribution in [2.24, 2.45) is 0 Å². The number of halogens is 1. The van der Waals surface area contributed by atoms with Crippen LogP contribution in [0.1, 0.15) is 11.4 Å². The molecular formula is C15H12ClN3O. The molecule has 0 N–H and O–H groups in total. The van der Waals surface area contributed by atoms with Crippen molar-refractivity contribution in [1.82, 2.24) is 15.0 Å². The van der Waals surface area contributed by atoms with E-state index in [9.17, 15) is 0 Å². The van der Waals surface area contributed by atoms with Gasteiger partial charge in [0.25, 0.3) is 0 Å². The number of para-hydroxylation sites is 1. The lowest BCUT2D eigenvalue weighted by Crippen LogP contribution is -1.94. The molecule has 4 nitrogen and oxygen atoms in total. The lowest BCUT2D eigenvalue weighted by molar-refractivity contribution is 0.462. The van der Waals surface area contributed by atoms with E-state index in [4.69, 9.17) is 16.3 Å². The van der Waals surface area contributed by atoms with Crippen LogP contribution in [0.3, 0.4) is 0 Å². The van der Waals surface area contributed by atoms with Crippen molar-refractivity contribution in [3.05, 3.63) is 54.1 Å². The van der Waals surface area contributed by atoms with Crippen LogP contribution < -0.4 is 4.74 Å². The third kappa shape index (κ3) is 2.56. The number of pyridine rings is 1.